The molecular weight excluding hydrogens is 400 g/mol. The monoisotopic (exact) mass is 424 g/mol. The molecule has 0 unspecified atom stereocenters. The molecule has 0 bridgehead atoms. The van der Waals surface area contributed by atoms with Crippen molar-refractivity contribution in [1.29, 1.82) is 0 Å². The smallest absolute Gasteiger partial charge is 0.183 e. The van der Waals surface area contributed by atoms with Crippen molar-refractivity contribution >= 4 is 19.7 Å². The van der Waals surface area contributed by atoms with Gasteiger partial charge in [0.15, 0.2) is 19.7 Å². The average Bonchev–Trinajstić information content (AvgIpc) is 2.96. The van der Waals surface area contributed by atoms with Crippen LogP contribution in [0.3, 0.4) is 0 Å². The first kappa shape index (κ1) is 20.8. The summed E-state index contributed by atoms with van der Waals surface area (Å²) in [6.07, 6.45) is 3.25. The number of benzene rings is 1. The van der Waals surface area contributed by atoms with E-state index in [2.05, 4.69) is 10.3 Å². The van der Waals surface area contributed by atoms with E-state index < -0.39 is 31.0 Å². The minimum Gasteiger partial charge on any atom is -0.491 e. The molecule has 9 heteroatoms. The van der Waals surface area contributed by atoms with Crippen LogP contribution in [0.15, 0.2) is 53.7 Å². The Bertz CT molecular complexity index is 1000. The maximum absolute atomic E-state index is 13.1. The van der Waals surface area contributed by atoms with Crippen molar-refractivity contribution in [1.82, 2.24) is 10.3 Å². The molecule has 0 saturated carbocycles. The van der Waals surface area contributed by atoms with E-state index in [1.165, 1.54) is 12.1 Å². The van der Waals surface area contributed by atoms with Gasteiger partial charge < -0.3 is 10.1 Å². The molecule has 0 amide bonds. The summed E-state index contributed by atoms with van der Waals surface area (Å²) in [7, 11) is -7.26. The quantitative estimate of drug-likeness (QED) is 0.720. The Hall–Kier alpha value is -1.97. The van der Waals surface area contributed by atoms with Crippen molar-refractivity contribution in [3.05, 3.63) is 54.4 Å². The van der Waals surface area contributed by atoms with Crippen molar-refractivity contribution in [2.75, 3.05) is 11.5 Å². The van der Waals surface area contributed by atoms with Crippen molar-refractivity contribution in [3.63, 3.8) is 0 Å². The van der Waals surface area contributed by atoms with Crippen LogP contribution in [0.25, 0.3) is 0 Å². The fourth-order valence-corrected chi connectivity index (χ4v) is 7.93. The highest BCUT2D eigenvalue weighted by atomic mass is 32.2. The van der Waals surface area contributed by atoms with E-state index >= 15 is 0 Å². The highest BCUT2D eigenvalue weighted by Crippen LogP contribution is 2.27. The Morgan fingerprint density at radius 1 is 1.11 bits per heavy atom. The molecular formula is C19H24N2O5S2. The van der Waals surface area contributed by atoms with E-state index in [0.717, 1.165) is 5.56 Å². The third-order valence-electron chi connectivity index (χ3n) is 4.54. The van der Waals surface area contributed by atoms with Gasteiger partial charge in [0.25, 0.3) is 0 Å². The van der Waals surface area contributed by atoms with Gasteiger partial charge in [-0.05, 0) is 55.8 Å². The second-order valence-corrected chi connectivity index (χ2v) is 11.5. The van der Waals surface area contributed by atoms with Crippen LogP contribution in [-0.2, 0) is 26.2 Å². The van der Waals surface area contributed by atoms with Gasteiger partial charge in [0, 0.05) is 25.0 Å². The topological polar surface area (TPSA) is 102 Å². The second kappa shape index (κ2) is 8.18. The van der Waals surface area contributed by atoms with Gasteiger partial charge in [-0.2, -0.15) is 0 Å². The predicted octanol–water partition coefficient (Wildman–Crippen LogP) is 1.60. The lowest BCUT2D eigenvalue weighted by molar-refractivity contribution is 0.242. The highest BCUT2D eigenvalue weighted by molar-refractivity contribution is 7.96. The van der Waals surface area contributed by atoms with E-state index in [9.17, 15) is 16.8 Å². The SMILES string of the molecule is CC(C)Oc1ccc(S(=O)(=O)[C@H]2CS(=O)(=O)C[C@@H]2NCc2ccncc2)cc1. The second-order valence-electron chi connectivity index (χ2n) is 7.14. The molecule has 2 atom stereocenters. The van der Waals surface area contributed by atoms with Crippen LogP contribution in [-0.4, -0.2) is 50.7 Å². The van der Waals surface area contributed by atoms with E-state index in [4.69, 9.17) is 4.74 Å². The molecule has 3 rings (SSSR count). The Kier molecular flexibility index (Phi) is 6.07. The van der Waals surface area contributed by atoms with Crippen molar-refractivity contribution in [3.8, 4) is 5.75 Å². The molecule has 1 N–H and O–H groups in total. The molecule has 1 saturated heterocycles. The molecule has 1 aromatic heterocycles. The zero-order valence-corrected chi connectivity index (χ0v) is 17.4. The van der Waals surface area contributed by atoms with E-state index in [1.54, 1.807) is 36.7 Å². The molecule has 1 aliphatic rings. The van der Waals surface area contributed by atoms with Gasteiger partial charge in [-0.1, -0.05) is 0 Å². The summed E-state index contributed by atoms with van der Waals surface area (Å²) in [5, 5.41) is 2.07. The normalized spacial score (nSPS) is 21.7. The molecule has 2 aromatic rings. The van der Waals surface area contributed by atoms with E-state index in [1.807, 2.05) is 13.8 Å². The number of ether oxygens (including phenoxy) is 1. The van der Waals surface area contributed by atoms with Gasteiger partial charge in [0.05, 0.1) is 27.8 Å². The number of nitrogens with one attached hydrogen (secondary N) is 1. The number of pyridine rings is 1. The van der Waals surface area contributed by atoms with Crippen LogP contribution in [0.5, 0.6) is 5.75 Å². The maximum atomic E-state index is 13.1. The number of nitrogens with zero attached hydrogens (tertiary/aromatic N) is 1. The summed E-state index contributed by atoms with van der Waals surface area (Å²) in [4.78, 5) is 4.04. The average molecular weight is 425 g/mol. The maximum Gasteiger partial charge on any atom is 0.183 e. The Labute approximate surface area is 166 Å². The van der Waals surface area contributed by atoms with Crippen LogP contribution >= 0.6 is 0 Å². The summed E-state index contributed by atoms with van der Waals surface area (Å²) in [5.41, 5.74) is 0.908. The van der Waals surface area contributed by atoms with Gasteiger partial charge in [0.2, 0.25) is 0 Å². The Morgan fingerprint density at radius 2 is 1.75 bits per heavy atom. The summed E-state index contributed by atoms with van der Waals surface area (Å²) in [5.74, 6) is -0.00948. The van der Waals surface area contributed by atoms with Gasteiger partial charge in [0.1, 0.15) is 5.75 Å². The molecule has 28 heavy (non-hydrogen) atoms. The predicted molar refractivity (Wildman–Crippen MR) is 107 cm³/mol. The first-order valence-corrected chi connectivity index (χ1v) is 12.4. The molecule has 0 radical (unpaired) electrons. The molecule has 1 fully saturated rings. The van der Waals surface area contributed by atoms with Crippen LogP contribution < -0.4 is 10.1 Å². The first-order chi connectivity index (χ1) is 13.2. The van der Waals surface area contributed by atoms with E-state index in [0.29, 0.717) is 12.3 Å². The first-order valence-electron chi connectivity index (χ1n) is 9.01. The largest absolute Gasteiger partial charge is 0.491 e. The van der Waals surface area contributed by atoms with Gasteiger partial charge in [-0.3, -0.25) is 4.98 Å². The third kappa shape index (κ3) is 4.89. The van der Waals surface area contributed by atoms with Crippen molar-refractivity contribution in [2.24, 2.45) is 0 Å². The van der Waals surface area contributed by atoms with Gasteiger partial charge >= 0.3 is 0 Å². The molecule has 1 aliphatic heterocycles. The van der Waals surface area contributed by atoms with Crippen molar-refractivity contribution < 1.29 is 21.6 Å². The van der Waals surface area contributed by atoms with Crippen molar-refractivity contribution in [2.45, 2.75) is 42.7 Å². The molecule has 7 nitrogen and oxygen atoms in total. The lowest BCUT2D eigenvalue weighted by Gasteiger charge is -2.20. The minimum atomic E-state index is -3.82. The molecule has 2 heterocycles. The lowest BCUT2D eigenvalue weighted by Crippen LogP contribution is -2.43. The zero-order chi connectivity index (χ0) is 20.4. The number of aromatic nitrogens is 1. The summed E-state index contributed by atoms with van der Waals surface area (Å²) >= 11 is 0. The zero-order valence-electron chi connectivity index (χ0n) is 15.8. The van der Waals surface area contributed by atoms with Crippen LogP contribution in [0, 0.1) is 0 Å². The summed E-state index contributed by atoms with van der Waals surface area (Å²) < 4.78 is 56.1. The fourth-order valence-electron chi connectivity index (χ4n) is 3.22. The molecule has 1 aromatic carbocycles. The fraction of sp³-hybridized carbons (Fsp3) is 0.421. The molecule has 152 valence electrons. The number of rotatable bonds is 7. The lowest BCUT2D eigenvalue weighted by atomic mass is 10.2. The summed E-state index contributed by atoms with van der Waals surface area (Å²) in [6.45, 7) is 4.14. The minimum absolute atomic E-state index is 0.0239. The van der Waals surface area contributed by atoms with E-state index in [-0.39, 0.29) is 22.5 Å². The number of hydrogen-bond acceptors (Lipinski definition) is 7. The standard InChI is InChI=1S/C19H24N2O5S2/c1-14(2)26-16-3-5-17(6-4-16)28(24,25)19-13-27(22,23)12-18(19)21-11-15-7-9-20-10-8-15/h3-10,14,18-19,21H,11-13H2,1-2H3/t18-,19-/m0/s1. The van der Waals surface area contributed by atoms with Crippen LogP contribution in [0.2, 0.25) is 0 Å². The molecule has 0 aliphatic carbocycles. The van der Waals surface area contributed by atoms with Gasteiger partial charge in [-0.15, -0.1) is 0 Å². The number of hydrogen-bond donors (Lipinski definition) is 1. The molecule has 0 spiro atoms. The van der Waals surface area contributed by atoms with Crippen LogP contribution in [0.4, 0.5) is 0 Å². The van der Waals surface area contributed by atoms with Gasteiger partial charge in [-0.25, -0.2) is 16.8 Å². The third-order valence-corrected chi connectivity index (χ3v) is 8.71. The Balaban J connectivity index is 1.81. The summed E-state index contributed by atoms with van der Waals surface area (Å²) in [6, 6.07) is 9.05. The Morgan fingerprint density at radius 3 is 2.36 bits per heavy atom. The van der Waals surface area contributed by atoms with Crippen LogP contribution in [0.1, 0.15) is 19.4 Å². The number of sulfone groups is 2. The highest BCUT2D eigenvalue weighted by Gasteiger charge is 2.45.